The third kappa shape index (κ3) is 4.17. The minimum atomic E-state index is 0.160. The van der Waals surface area contributed by atoms with Crippen LogP contribution in [0.3, 0.4) is 0 Å². The van der Waals surface area contributed by atoms with E-state index in [1.807, 2.05) is 36.5 Å². The van der Waals surface area contributed by atoms with E-state index in [9.17, 15) is 0 Å². The van der Waals surface area contributed by atoms with Crippen LogP contribution in [-0.4, -0.2) is 47.6 Å². The maximum Gasteiger partial charge on any atom is 0.150 e. The summed E-state index contributed by atoms with van der Waals surface area (Å²) in [5, 5.41) is 15.6. The van der Waals surface area contributed by atoms with Gasteiger partial charge in [0.15, 0.2) is 5.84 Å². The van der Waals surface area contributed by atoms with Crippen LogP contribution < -0.4 is 16.4 Å². The van der Waals surface area contributed by atoms with E-state index >= 15 is 0 Å². The van der Waals surface area contributed by atoms with Crippen molar-refractivity contribution >= 4 is 28.8 Å². The maximum absolute atomic E-state index is 8.45. The third-order valence-electron chi connectivity index (χ3n) is 5.03. The molecule has 150 valence electrons. The topological polar surface area (TPSA) is 102 Å². The monoisotopic (exact) mass is 409 g/mol. The van der Waals surface area contributed by atoms with Crippen molar-refractivity contribution in [1.29, 1.82) is 5.41 Å². The summed E-state index contributed by atoms with van der Waals surface area (Å²) in [7, 11) is 0. The molecule has 8 heteroatoms. The molecule has 29 heavy (non-hydrogen) atoms. The minimum Gasteiger partial charge on any atom is -0.400 e. The van der Waals surface area contributed by atoms with Gasteiger partial charge >= 0.3 is 0 Å². The molecule has 0 radical (unpaired) electrons. The predicted octanol–water partition coefficient (Wildman–Crippen LogP) is 2.57. The molecule has 2 aliphatic rings. The number of nitrogens with one attached hydrogen (secondary N) is 3. The first kappa shape index (κ1) is 19.6. The maximum atomic E-state index is 8.45. The van der Waals surface area contributed by atoms with Gasteiger partial charge < -0.3 is 16.4 Å². The minimum absolute atomic E-state index is 0.160. The Hall–Kier alpha value is -2.74. The van der Waals surface area contributed by atoms with Crippen molar-refractivity contribution in [3.63, 3.8) is 0 Å². The second-order valence-corrected chi connectivity index (χ2v) is 7.63. The zero-order valence-corrected chi connectivity index (χ0v) is 17.1. The van der Waals surface area contributed by atoms with Gasteiger partial charge in [0.25, 0.3) is 0 Å². The summed E-state index contributed by atoms with van der Waals surface area (Å²) in [5.74, 6) is 0.160. The Bertz CT molecular complexity index is 1000. The molecule has 7 nitrogen and oxygen atoms in total. The number of hydrogen-bond donors (Lipinski definition) is 4. The smallest absolute Gasteiger partial charge is 0.150 e. The molecule has 0 aliphatic carbocycles. The van der Waals surface area contributed by atoms with Crippen molar-refractivity contribution in [1.82, 2.24) is 15.2 Å². The first-order valence-corrected chi connectivity index (χ1v) is 9.99. The summed E-state index contributed by atoms with van der Waals surface area (Å²) in [4.78, 5) is 11.8. The van der Waals surface area contributed by atoms with Crippen molar-refractivity contribution in [3.05, 3.63) is 69.8 Å². The second kappa shape index (κ2) is 8.32. The lowest BCUT2D eigenvalue weighted by atomic mass is 10.0. The molecule has 0 saturated carbocycles. The van der Waals surface area contributed by atoms with Crippen molar-refractivity contribution in [3.8, 4) is 0 Å². The second-order valence-electron chi connectivity index (χ2n) is 7.22. The average Bonchev–Trinajstić information content (AvgIpc) is 2.85. The van der Waals surface area contributed by atoms with Gasteiger partial charge in [-0.2, -0.15) is 0 Å². The number of hydrogen-bond acceptors (Lipinski definition) is 6. The normalized spacial score (nSPS) is 19.1. The Kier molecular flexibility index (Phi) is 5.62. The van der Waals surface area contributed by atoms with Crippen molar-refractivity contribution < 1.29 is 0 Å². The fourth-order valence-corrected chi connectivity index (χ4v) is 3.77. The zero-order valence-electron chi connectivity index (χ0n) is 16.3. The molecule has 0 amide bonds. The van der Waals surface area contributed by atoms with Crippen LogP contribution in [0.1, 0.15) is 23.7 Å². The van der Waals surface area contributed by atoms with Crippen molar-refractivity contribution in [2.45, 2.75) is 13.5 Å². The number of halogens is 1. The molecule has 0 spiro atoms. The Balaban J connectivity index is 1.78. The number of aliphatic imine (C=N–C) groups is 1. The van der Waals surface area contributed by atoms with E-state index in [2.05, 4.69) is 20.5 Å². The van der Waals surface area contributed by atoms with E-state index in [0.717, 1.165) is 55.2 Å². The first-order valence-electron chi connectivity index (χ1n) is 9.61. The molecular formula is C21H24ClN7. The third-order valence-corrected chi connectivity index (χ3v) is 5.36. The van der Waals surface area contributed by atoms with Crippen LogP contribution in [0.2, 0.25) is 5.02 Å². The molecule has 2 aromatic rings. The van der Waals surface area contributed by atoms with Crippen LogP contribution >= 0.6 is 11.6 Å². The van der Waals surface area contributed by atoms with Crippen LogP contribution in [0, 0.1) is 5.41 Å². The van der Waals surface area contributed by atoms with Gasteiger partial charge in [0.05, 0.1) is 17.1 Å². The number of piperazine rings is 1. The van der Waals surface area contributed by atoms with Gasteiger partial charge in [-0.05, 0) is 19.1 Å². The highest BCUT2D eigenvalue weighted by Crippen LogP contribution is 2.29. The largest absolute Gasteiger partial charge is 0.400 e. The Morgan fingerprint density at radius 1 is 1.24 bits per heavy atom. The van der Waals surface area contributed by atoms with Crippen LogP contribution in [0.15, 0.2) is 52.9 Å². The quantitative estimate of drug-likeness (QED) is 0.624. The van der Waals surface area contributed by atoms with E-state index in [4.69, 9.17) is 27.7 Å². The number of nitrogens with two attached hydrogens (primary N) is 1. The van der Waals surface area contributed by atoms with E-state index in [0.29, 0.717) is 22.1 Å². The van der Waals surface area contributed by atoms with E-state index in [1.165, 1.54) is 0 Å². The summed E-state index contributed by atoms with van der Waals surface area (Å²) < 4.78 is 0. The molecule has 0 bridgehead atoms. The van der Waals surface area contributed by atoms with Gasteiger partial charge in [0.1, 0.15) is 5.70 Å². The molecule has 2 aliphatic heterocycles. The lowest BCUT2D eigenvalue weighted by Gasteiger charge is -2.27. The van der Waals surface area contributed by atoms with Crippen LogP contribution in [0.4, 0.5) is 5.69 Å². The van der Waals surface area contributed by atoms with E-state index in [-0.39, 0.29) is 5.84 Å². The first-order chi connectivity index (χ1) is 14.0. The Labute approximate surface area is 175 Å². The molecule has 1 fully saturated rings. The molecule has 1 aromatic carbocycles. The van der Waals surface area contributed by atoms with Crippen molar-refractivity contribution in [2.24, 2.45) is 10.7 Å². The van der Waals surface area contributed by atoms with Crippen LogP contribution in [0.5, 0.6) is 0 Å². The number of aromatic nitrogens is 1. The molecule has 0 atom stereocenters. The van der Waals surface area contributed by atoms with Gasteiger partial charge in [-0.1, -0.05) is 29.8 Å². The number of nitrogens with zero attached hydrogens (tertiary/aromatic N) is 3. The van der Waals surface area contributed by atoms with Gasteiger partial charge in [-0.25, -0.2) is 4.99 Å². The highest BCUT2D eigenvalue weighted by atomic mass is 35.5. The summed E-state index contributed by atoms with van der Waals surface area (Å²) in [5.41, 5.74) is 10.9. The molecule has 5 N–H and O–H groups in total. The summed E-state index contributed by atoms with van der Waals surface area (Å²) >= 11 is 6.47. The predicted molar refractivity (Wildman–Crippen MR) is 118 cm³/mol. The van der Waals surface area contributed by atoms with Crippen LogP contribution in [-0.2, 0) is 6.54 Å². The molecular weight excluding hydrogens is 386 g/mol. The summed E-state index contributed by atoms with van der Waals surface area (Å²) in [6.45, 7) is 6.47. The Morgan fingerprint density at radius 2 is 2.00 bits per heavy atom. The number of amidine groups is 1. The van der Waals surface area contributed by atoms with E-state index < -0.39 is 0 Å². The number of allylic oxidation sites excluding steroid dienone is 1. The highest BCUT2D eigenvalue weighted by Gasteiger charge is 2.23. The molecule has 1 aromatic heterocycles. The number of pyridine rings is 1. The highest BCUT2D eigenvalue weighted by molar-refractivity contribution is 6.36. The number of fused-ring (bicyclic) bond motifs is 1. The zero-order chi connectivity index (χ0) is 20.4. The van der Waals surface area contributed by atoms with Gasteiger partial charge in [0, 0.05) is 60.8 Å². The Morgan fingerprint density at radius 3 is 2.72 bits per heavy atom. The van der Waals surface area contributed by atoms with Gasteiger partial charge in [0.2, 0.25) is 0 Å². The average molecular weight is 410 g/mol. The molecule has 3 heterocycles. The fraction of sp³-hybridized carbons (Fsp3) is 0.286. The number of rotatable bonds is 3. The van der Waals surface area contributed by atoms with Crippen LogP contribution in [0.25, 0.3) is 0 Å². The fourth-order valence-electron chi connectivity index (χ4n) is 3.54. The van der Waals surface area contributed by atoms with Crippen molar-refractivity contribution in [2.75, 3.05) is 31.5 Å². The summed E-state index contributed by atoms with van der Waals surface area (Å²) in [6.07, 6.45) is 1.81. The summed E-state index contributed by atoms with van der Waals surface area (Å²) in [6, 6.07) is 9.53. The number of benzene rings is 1. The molecule has 4 rings (SSSR count). The molecule has 0 unspecified atom stereocenters. The lowest BCUT2D eigenvalue weighted by molar-refractivity contribution is 0.231. The lowest BCUT2D eigenvalue weighted by Crippen LogP contribution is -2.43. The van der Waals surface area contributed by atoms with E-state index in [1.54, 1.807) is 6.92 Å². The standard InChI is InChI=1S/C21H24ClN7/c1-13(23)19-21(24)27-18-10-14(12-29-8-6-25-7-9-29)26-11-16(18)20(28-19)15-4-2-3-5-17(15)22/h2-5,10-11,25H,6-9,12,23H2,1H3,(H2,24,27)/b19-13+. The SMILES string of the molecule is C/C(N)=C1\N=C(c2ccccc2Cl)c2cnc(CN3CCNCC3)cc2NC1=N. The van der Waals surface area contributed by atoms with Gasteiger partial charge in [-0.15, -0.1) is 0 Å². The number of anilines is 1. The van der Waals surface area contributed by atoms with Gasteiger partial charge in [-0.3, -0.25) is 15.3 Å². The molecule has 1 saturated heterocycles.